The van der Waals surface area contributed by atoms with Gasteiger partial charge >= 0.3 is 41.5 Å². The van der Waals surface area contributed by atoms with Crippen molar-refractivity contribution in [3.05, 3.63) is 192 Å². The van der Waals surface area contributed by atoms with Crippen LogP contribution in [0.1, 0.15) is 56.9 Å². The first-order chi connectivity index (χ1) is 30.9. The van der Waals surface area contributed by atoms with E-state index in [4.69, 9.17) is 5.73 Å². The molecule has 0 aromatic heterocycles. The smallest absolute Gasteiger partial charge is 0.793 e. The van der Waals surface area contributed by atoms with Crippen LogP contribution in [0.3, 0.4) is 0 Å². The van der Waals surface area contributed by atoms with Crippen molar-refractivity contribution in [1.29, 1.82) is 0 Å². The summed E-state index contributed by atoms with van der Waals surface area (Å²) < 4.78 is 3.61. The molecule has 0 spiro atoms. The normalized spacial score (nSPS) is 10.5. The van der Waals surface area contributed by atoms with E-state index < -0.39 is 17.9 Å². The van der Waals surface area contributed by atoms with Gasteiger partial charge in [-0.1, -0.05) is 135 Å². The van der Waals surface area contributed by atoms with Gasteiger partial charge in [-0.25, -0.2) is 19.4 Å². The second-order valence-electron chi connectivity index (χ2n) is 14.4. The first-order valence-corrected chi connectivity index (χ1v) is 22.6. The van der Waals surface area contributed by atoms with Gasteiger partial charge in [-0.05, 0) is 89.5 Å². The third-order valence-corrected chi connectivity index (χ3v) is 10.6. The average Bonchev–Trinajstić information content (AvgIpc) is 3.32. The van der Waals surface area contributed by atoms with Crippen LogP contribution in [-0.4, -0.2) is 38.8 Å². The van der Waals surface area contributed by atoms with Crippen LogP contribution >= 0.6 is 23.5 Å². The summed E-state index contributed by atoms with van der Waals surface area (Å²) in [6, 6.07) is 58.6. The zero-order valence-corrected chi connectivity index (χ0v) is 41.9. The van der Waals surface area contributed by atoms with Crippen LogP contribution in [-0.2, 0) is 58.0 Å². The molecular weight excluding hydrogens is 863 g/mol. The number of hydrogen-bond acceptors (Lipinski definition) is 11. The maximum Gasteiger partial charge on any atom is 1.00 e. The molecule has 0 unspecified atom stereocenters. The van der Waals surface area contributed by atoms with Crippen molar-refractivity contribution in [2.75, 3.05) is 17.6 Å². The van der Waals surface area contributed by atoms with Gasteiger partial charge in [0.1, 0.15) is 6.29 Å². The molecule has 2 atom stereocenters. The number of anilines is 2. The van der Waals surface area contributed by atoms with Crippen LogP contribution in [0.2, 0.25) is 0 Å². The molecular formula is C52H59BN2NaO7S2. The number of aldehydes is 1. The van der Waals surface area contributed by atoms with Gasteiger partial charge in [0.05, 0.1) is 0 Å². The first-order valence-electron chi connectivity index (χ1n) is 20.7. The second-order valence-corrected chi connectivity index (χ2v) is 16.5. The van der Waals surface area contributed by atoms with Crippen molar-refractivity contribution >= 4 is 67.1 Å². The SMILES string of the molecule is CC(=O)OOC(C)=O.C[C@H](C=O)Cc1ccccc1.C[C@H](CNc1ccc(SCc2ccccc2)cc1)Cc1ccccc1.Nc1ccc(SCc2ccccc2)cc1.[B-]OC(C)=O.[Na+]. The van der Waals surface area contributed by atoms with Gasteiger partial charge in [0.25, 0.3) is 0 Å². The molecule has 13 heteroatoms. The summed E-state index contributed by atoms with van der Waals surface area (Å²) >= 11 is 3.71. The molecule has 0 bridgehead atoms. The van der Waals surface area contributed by atoms with Gasteiger partial charge in [0, 0.05) is 65.9 Å². The van der Waals surface area contributed by atoms with E-state index in [9.17, 15) is 19.2 Å². The fraction of sp³-hybridized carbons (Fsp3) is 0.231. The van der Waals surface area contributed by atoms with Gasteiger partial charge < -0.3 is 28.5 Å². The fourth-order valence-corrected chi connectivity index (χ4v) is 6.96. The van der Waals surface area contributed by atoms with Gasteiger partial charge in [-0.15, -0.1) is 23.5 Å². The van der Waals surface area contributed by atoms with E-state index in [1.54, 1.807) is 0 Å². The van der Waals surface area contributed by atoms with Crippen LogP contribution in [0.4, 0.5) is 11.4 Å². The number of carbonyl (C=O) groups excluding carboxylic acids is 4. The monoisotopic (exact) mass is 921 g/mol. The summed E-state index contributed by atoms with van der Waals surface area (Å²) in [6.07, 6.45) is 2.95. The number of hydrogen-bond donors (Lipinski definition) is 2. The Morgan fingerprint density at radius 1 is 0.569 bits per heavy atom. The number of nitrogen functional groups attached to an aromatic ring is 1. The Kier molecular flexibility index (Phi) is 32.0. The third-order valence-electron chi connectivity index (χ3n) is 8.39. The summed E-state index contributed by atoms with van der Waals surface area (Å²) in [4.78, 5) is 49.7. The summed E-state index contributed by atoms with van der Waals surface area (Å²) in [7, 11) is 4.32. The standard InChI is InChI=1S/C23H25NS.C13H13NS.C10H12O.C4H6O4.C2H3BO2.Na/c1-19(16-20-8-4-2-5-9-20)17-24-22-12-14-23(15-13-22)25-18-21-10-6-3-7-11-21;14-12-6-8-13(9-7-12)15-10-11-4-2-1-3-5-11;1-9(8-11)7-10-5-3-2-4-6-10;1-3(5)7-8-4(2)6;1-2(4)5-3;/h2-15,19,24H,16-18H2,1H3;1-9H,10,14H2;2-6,8-9H,7H2,1H3;1-2H3;1H3;/q;;;;-1;+1/t19-;;9-;;;/m0.0.../s1. The minimum absolute atomic E-state index is 0. The van der Waals surface area contributed by atoms with Crippen molar-refractivity contribution < 1.29 is 63.2 Å². The van der Waals surface area contributed by atoms with E-state index in [0.29, 0.717) is 5.92 Å². The number of thioether (sulfide) groups is 2. The Labute approximate surface area is 417 Å². The van der Waals surface area contributed by atoms with Gasteiger partial charge in [0.2, 0.25) is 5.97 Å². The molecule has 9 nitrogen and oxygen atoms in total. The third kappa shape index (κ3) is 30.5. The van der Waals surface area contributed by atoms with E-state index in [1.807, 2.05) is 79.0 Å². The van der Waals surface area contributed by atoms with Crippen molar-refractivity contribution in [2.45, 2.75) is 68.8 Å². The first kappa shape index (κ1) is 57.8. The van der Waals surface area contributed by atoms with E-state index in [0.717, 1.165) is 56.7 Å². The molecule has 0 aliphatic carbocycles. The predicted molar refractivity (Wildman–Crippen MR) is 264 cm³/mol. The van der Waals surface area contributed by atoms with Crippen molar-refractivity contribution in [1.82, 2.24) is 0 Å². The summed E-state index contributed by atoms with van der Waals surface area (Å²) in [5, 5.41) is 3.56. The van der Waals surface area contributed by atoms with Gasteiger partial charge in [-0.2, -0.15) is 0 Å². The number of nitrogens with two attached hydrogens (primary N) is 1. The minimum atomic E-state index is -0.639. The molecule has 6 aromatic rings. The predicted octanol–water partition coefficient (Wildman–Crippen LogP) is 8.56. The van der Waals surface area contributed by atoms with Crippen molar-refractivity contribution in [3.63, 3.8) is 0 Å². The maximum absolute atomic E-state index is 10.3. The van der Waals surface area contributed by atoms with Crippen LogP contribution in [0.5, 0.6) is 0 Å². The molecule has 0 fully saturated rings. The molecule has 3 radical (unpaired) electrons. The molecule has 0 saturated heterocycles. The van der Waals surface area contributed by atoms with E-state index >= 15 is 0 Å². The zero-order valence-electron chi connectivity index (χ0n) is 38.3. The van der Waals surface area contributed by atoms with E-state index in [-0.39, 0.29) is 35.5 Å². The second kappa shape index (κ2) is 36.0. The Morgan fingerprint density at radius 2 is 0.923 bits per heavy atom. The van der Waals surface area contributed by atoms with Gasteiger partial charge in [-0.3, -0.25) is 4.79 Å². The molecule has 0 aliphatic heterocycles. The molecule has 3 N–H and O–H groups in total. The zero-order chi connectivity index (χ0) is 46.8. The number of nitrogens with one attached hydrogen (secondary N) is 1. The largest absolute Gasteiger partial charge is 1.00 e. The van der Waals surface area contributed by atoms with Crippen LogP contribution in [0.15, 0.2) is 180 Å². The van der Waals surface area contributed by atoms with E-state index in [1.165, 1.54) is 44.7 Å². The molecule has 335 valence electrons. The Hall–Kier alpha value is -5.24. The van der Waals surface area contributed by atoms with Crippen LogP contribution in [0.25, 0.3) is 0 Å². The average molecular weight is 922 g/mol. The summed E-state index contributed by atoms with van der Waals surface area (Å²) in [6.45, 7) is 8.74. The molecule has 6 rings (SSSR count). The Bertz CT molecular complexity index is 2140. The Balaban J connectivity index is 0.000000451. The van der Waals surface area contributed by atoms with Crippen LogP contribution < -0.4 is 40.6 Å². The van der Waals surface area contributed by atoms with E-state index in [2.05, 4.69) is 156 Å². The maximum atomic E-state index is 10.3. The van der Waals surface area contributed by atoms with Crippen molar-refractivity contribution in [2.24, 2.45) is 11.8 Å². The molecule has 0 heterocycles. The number of benzene rings is 6. The topological polar surface area (TPSA) is 134 Å². The number of carbonyl (C=O) groups is 4. The number of rotatable bonds is 14. The van der Waals surface area contributed by atoms with Crippen molar-refractivity contribution in [3.8, 4) is 0 Å². The molecule has 6 aromatic carbocycles. The molecule has 0 aliphatic rings. The summed E-state index contributed by atoms with van der Waals surface area (Å²) in [5.74, 6) is 1.02. The molecule has 0 amide bonds. The quantitative estimate of drug-likeness (QED) is 0.0272. The van der Waals surface area contributed by atoms with Crippen LogP contribution in [0, 0.1) is 11.8 Å². The minimum Gasteiger partial charge on any atom is -0.793 e. The van der Waals surface area contributed by atoms with Gasteiger partial charge in [0.15, 0.2) is 0 Å². The fourth-order valence-electron chi connectivity index (χ4n) is 5.25. The molecule has 65 heavy (non-hydrogen) atoms. The molecule has 0 saturated carbocycles. The Morgan fingerprint density at radius 3 is 1.28 bits per heavy atom. The summed E-state index contributed by atoms with van der Waals surface area (Å²) in [5.41, 5.74) is 13.0.